The van der Waals surface area contributed by atoms with Crippen molar-refractivity contribution in [1.82, 2.24) is 5.32 Å². The summed E-state index contributed by atoms with van der Waals surface area (Å²) in [6, 6.07) is -0.844. The van der Waals surface area contributed by atoms with E-state index in [4.69, 9.17) is 9.05 Å². The number of carbonyl (C=O) groups excluding carboxylic acids is 1. The van der Waals surface area contributed by atoms with Gasteiger partial charge in [0.1, 0.15) is 13.2 Å². The molecule has 0 rings (SSSR count). The molecule has 0 aliphatic carbocycles. The van der Waals surface area contributed by atoms with Crippen LogP contribution < -0.4 is 5.32 Å². The van der Waals surface area contributed by atoms with E-state index in [0.717, 1.165) is 38.5 Å². The summed E-state index contributed by atoms with van der Waals surface area (Å²) >= 11 is 0. The van der Waals surface area contributed by atoms with Gasteiger partial charge in [-0.25, -0.2) is 4.57 Å². The predicted octanol–water partition coefficient (Wildman–Crippen LogP) is 18.8. The summed E-state index contributed by atoms with van der Waals surface area (Å²) in [6.45, 7) is 4.86. The lowest BCUT2D eigenvalue weighted by atomic mass is 10.0. The van der Waals surface area contributed by atoms with E-state index in [9.17, 15) is 19.4 Å². The normalized spacial score (nSPS) is 14.0. The van der Waals surface area contributed by atoms with E-state index < -0.39 is 20.0 Å². The smallest absolute Gasteiger partial charge is 0.387 e. The maximum absolute atomic E-state index is 13.0. The summed E-state index contributed by atoms with van der Waals surface area (Å²) < 4.78 is 23.7. The fourth-order valence-corrected chi connectivity index (χ4v) is 10.1. The van der Waals surface area contributed by atoms with Crippen LogP contribution in [-0.2, 0) is 18.4 Å². The summed E-state index contributed by atoms with van der Waals surface area (Å²) in [7, 11) is 1.59. The van der Waals surface area contributed by atoms with Gasteiger partial charge in [0.25, 0.3) is 0 Å². The molecule has 0 fully saturated rings. The van der Waals surface area contributed by atoms with Gasteiger partial charge in [0.05, 0.1) is 39.9 Å². The quantitative estimate of drug-likeness (QED) is 0.0243. The average Bonchev–Trinajstić information content (AvgIpc) is 3.32. The first-order valence-corrected chi connectivity index (χ1v) is 32.2. The number of phosphoric ester groups is 1. The molecule has 0 aliphatic heterocycles. The first kappa shape index (κ1) is 69.0. The molecule has 0 heterocycles. The largest absolute Gasteiger partial charge is 0.472 e. The lowest BCUT2D eigenvalue weighted by Gasteiger charge is -2.25. The molecule has 1 amide bonds. The third kappa shape index (κ3) is 54.7. The molecule has 3 atom stereocenters. The van der Waals surface area contributed by atoms with Gasteiger partial charge in [-0.3, -0.25) is 13.8 Å². The Balaban J connectivity index is 4.06. The maximum Gasteiger partial charge on any atom is 0.472 e. The van der Waals surface area contributed by atoms with E-state index in [1.807, 2.05) is 27.2 Å². The van der Waals surface area contributed by atoms with Crippen LogP contribution in [0.1, 0.15) is 309 Å². The molecule has 70 heavy (non-hydrogen) atoms. The Hall–Kier alpha value is -1.02. The molecule has 3 unspecified atom stereocenters. The van der Waals surface area contributed by atoms with Crippen LogP contribution in [-0.4, -0.2) is 73.4 Å². The van der Waals surface area contributed by atoms with E-state index >= 15 is 0 Å². The van der Waals surface area contributed by atoms with E-state index in [-0.39, 0.29) is 19.1 Å². The molecule has 0 aromatic heterocycles. The molecule has 9 heteroatoms. The van der Waals surface area contributed by atoms with E-state index in [1.165, 1.54) is 250 Å². The number of aliphatic hydroxyl groups is 1. The van der Waals surface area contributed by atoms with Crippen LogP contribution in [0.25, 0.3) is 0 Å². The van der Waals surface area contributed by atoms with Gasteiger partial charge < -0.3 is 19.8 Å². The number of carbonyl (C=O) groups is 1. The summed E-state index contributed by atoms with van der Waals surface area (Å²) in [5.74, 6) is -0.172. The van der Waals surface area contributed by atoms with Crippen molar-refractivity contribution in [2.45, 2.75) is 321 Å². The number of amides is 1. The molecule has 0 saturated carbocycles. The van der Waals surface area contributed by atoms with E-state index in [0.29, 0.717) is 17.4 Å². The van der Waals surface area contributed by atoms with Crippen molar-refractivity contribution >= 4 is 13.7 Å². The van der Waals surface area contributed by atoms with E-state index in [2.05, 4.69) is 31.3 Å². The van der Waals surface area contributed by atoms with Gasteiger partial charge in [-0.1, -0.05) is 282 Å². The number of quaternary nitrogens is 1. The molecule has 0 radical (unpaired) electrons. The minimum atomic E-state index is -4.34. The fourth-order valence-electron chi connectivity index (χ4n) is 9.33. The van der Waals surface area contributed by atoms with Crippen molar-refractivity contribution in [3.05, 3.63) is 24.3 Å². The molecule has 0 aliphatic rings. The molecule has 3 N–H and O–H groups in total. The second-order valence-corrected chi connectivity index (χ2v) is 23.9. The minimum absolute atomic E-state index is 0.0638. The number of rotatable bonds is 57. The molecule has 0 aromatic carbocycles. The Bertz CT molecular complexity index is 1190. The Kier molecular flexibility index (Phi) is 52.1. The molecule has 416 valence electrons. The Morgan fingerprint density at radius 2 is 0.771 bits per heavy atom. The summed E-state index contributed by atoms with van der Waals surface area (Å²) in [6.07, 6.45) is 67.2. The standard InChI is InChI=1S/C61H121N2O6P/c1-6-8-10-12-14-16-18-20-22-24-25-26-27-28-29-30-31-32-33-34-35-36-37-39-41-43-45-47-49-51-53-55-61(65)62-59(58-69-70(66,67)68-57-56-63(3,4)5)60(64)54-52-50-48-46-44-42-40-38-23-21-19-17-15-13-11-9-7-2/h28-29,52,54,59-60,64H,6-27,30-51,53,55-58H2,1-5H3,(H-,62,65,66,67)/p+1/b29-28-,54-52+. The lowest BCUT2D eigenvalue weighted by molar-refractivity contribution is -0.870. The summed E-state index contributed by atoms with van der Waals surface area (Å²) in [5, 5.41) is 13.9. The van der Waals surface area contributed by atoms with Crippen LogP contribution in [0.3, 0.4) is 0 Å². The molecule has 0 bridgehead atoms. The minimum Gasteiger partial charge on any atom is -0.387 e. The van der Waals surface area contributed by atoms with Crippen LogP contribution in [0.4, 0.5) is 0 Å². The first-order chi connectivity index (χ1) is 34.0. The van der Waals surface area contributed by atoms with Gasteiger partial charge in [-0.15, -0.1) is 0 Å². The van der Waals surface area contributed by atoms with Crippen molar-refractivity contribution in [1.29, 1.82) is 0 Å². The van der Waals surface area contributed by atoms with Crippen LogP contribution in [0.2, 0.25) is 0 Å². The monoisotopic (exact) mass is 1010 g/mol. The molecular formula is C61H122N2O6P+. The summed E-state index contributed by atoms with van der Waals surface area (Å²) in [5.41, 5.74) is 0. The number of unbranched alkanes of at least 4 members (excludes halogenated alkanes) is 42. The Morgan fingerprint density at radius 1 is 0.471 bits per heavy atom. The highest BCUT2D eigenvalue weighted by Crippen LogP contribution is 2.43. The van der Waals surface area contributed by atoms with Gasteiger partial charge in [-0.05, 0) is 44.9 Å². The molecule has 0 spiro atoms. The third-order valence-electron chi connectivity index (χ3n) is 14.2. The zero-order valence-corrected chi connectivity index (χ0v) is 48.4. The van der Waals surface area contributed by atoms with Crippen molar-refractivity contribution in [3.63, 3.8) is 0 Å². The zero-order valence-electron chi connectivity index (χ0n) is 47.5. The highest BCUT2D eigenvalue weighted by molar-refractivity contribution is 7.47. The molecule has 0 saturated heterocycles. The second kappa shape index (κ2) is 52.8. The number of hydrogen-bond donors (Lipinski definition) is 3. The second-order valence-electron chi connectivity index (χ2n) is 22.4. The SMILES string of the molecule is CCCCCCCCCCCCCC/C=C\CCCCCCCCCCCCCCCCCC(=O)NC(COP(=O)(O)OCC[N+](C)(C)C)C(O)/C=C/CCCCCCCCCCCCCCCCC. The molecular weight excluding hydrogens is 888 g/mol. The van der Waals surface area contributed by atoms with Crippen LogP contribution in [0, 0.1) is 0 Å². The van der Waals surface area contributed by atoms with Crippen molar-refractivity contribution in [2.24, 2.45) is 0 Å². The van der Waals surface area contributed by atoms with Gasteiger partial charge in [-0.2, -0.15) is 0 Å². The van der Waals surface area contributed by atoms with Gasteiger partial charge in [0.2, 0.25) is 5.91 Å². The topological polar surface area (TPSA) is 105 Å². The summed E-state index contributed by atoms with van der Waals surface area (Å²) in [4.78, 5) is 23.3. The maximum atomic E-state index is 13.0. The van der Waals surface area contributed by atoms with Gasteiger partial charge in [0, 0.05) is 6.42 Å². The number of allylic oxidation sites excluding steroid dienone is 3. The van der Waals surface area contributed by atoms with Crippen LogP contribution >= 0.6 is 7.82 Å². The molecule has 0 aromatic rings. The number of aliphatic hydroxyl groups excluding tert-OH is 1. The highest BCUT2D eigenvalue weighted by atomic mass is 31.2. The number of nitrogens with one attached hydrogen (secondary N) is 1. The van der Waals surface area contributed by atoms with Crippen molar-refractivity contribution in [3.8, 4) is 0 Å². The van der Waals surface area contributed by atoms with Crippen LogP contribution in [0.5, 0.6) is 0 Å². The Labute approximate surface area is 436 Å². The van der Waals surface area contributed by atoms with Crippen molar-refractivity contribution in [2.75, 3.05) is 40.9 Å². The van der Waals surface area contributed by atoms with E-state index in [1.54, 1.807) is 6.08 Å². The highest BCUT2D eigenvalue weighted by Gasteiger charge is 2.27. The Morgan fingerprint density at radius 3 is 1.10 bits per heavy atom. The number of hydrogen-bond acceptors (Lipinski definition) is 5. The predicted molar refractivity (Wildman–Crippen MR) is 305 cm³/mol. The van der Waals surface area contributed by atoms with Crippen LogP contribution in [0.15, 0.2) is 24.3 Å². The number of likely N-dealkylation sites (N-methyl/N-ethyl adjacent to an activating group) is 1. The number of phosphoric acid groups is 1. The average molecular weight is 1010 g/mol. The first-order valence-electron chi connectivity index (χ1n) is 30.7. The fraction of sp³-hybridized carbons (Fsp3) is 0.918. The molecule has 8 nitrogen and oxygen atoms in total. The van der Waals surface area contributed by atoms with Crippen molar-refractivity contribution < 1.29 is 32.9 Å². The lowest BCUT2D eigenvalue weighted by Crippen LogP contribution is -2.45. The third-order valence-corrected chi connectivity index (χ3v) is 15.1. The number of nitrogens with zero attached hydrogens (tertiary/aromatic N) is 1. The zero-order chi connectivity index (χ0) is 51.3. The van der Waals surface area contributed by atoms with Gasteiger partial charge in [0.15, 0.2) is 0 Å². The van der Waals surface area contributed by atoms with Gasteiger partial charge >= 0.3 is 7.82 Å².